The number of amides is 1. The van der Waals surface area contributed by atoms with Gasteiger partial charge in [-0.25, -0.2) is 4.98 Å². The van der Waals surface area contributed by atoms with Crippen molar-refractivity contribution in [1.29, 1.82) is 0 Å². The van der Waals surface area contributed by atoms with E-state index in [9.17, 15) is 4.79 Å². The van der Waals surface area contributed by atoms with Crippen LogP contribution in [0.25, 0.3) is 10.2 Å². The molecule has 25 heavy (non-hydrogen) atoms. The van der Waals surface area contributed by atoms with Gasteiger partial charge in [0, 0.05) is 16.8 Å². The monoisotopic (exact) mass is 353 g/mol. The van der Waals surface area contributed by atoms with E-state index in [1.165, 1.54) is 16.9 Å². The second-order valence-electron chi connectivity index (χ2n) is 6.06. The molecule has 128 valence electrons. The minimum Gasteiger partial charge on any atom is -0.494 e. The van der Waals surface area contributed by atoms with Crippen LogP contribution in [0, 0.1) is 0 Å². The van der Waals surface area contributed by atoms with E-state index in [0.29, 0.717) is 22.9 Å². The van der Waals surface area contributed by atoms with Crippen molar-refractivity contribution in [3.8, 4) is 5.75 Å². The summed E-state index contributed by atoms with van der Waals surface area (Å²) in [4.78, 5) is 18.7. The molecule has 0 atom stereocenters. The van der Waals surface area contributed by atoms with Gasteiger partial charge in [-0.1, -0.05) is 0 Å². The zero-order chi connectivity index (χ0) is 17.4. The largest absolute Gasteiger partial charge is 0.494 e. The molecule has 3 N–H and O–H groups in total. The summed E-state index contributed by atoms with van der Waals surface area (Å²) in [6, 6.07) is 9.40. The number of hydrogen-bond acceptors (Lipinski definition) is 5. The van der Waals surface area contributed by atoms with Crippen LogP contribution in [0.5, 0.6) is 5.75 Å². The smallest absolute Gasteiger partial charge is 0.267 e. The van der Waals surface area contributed by atoms with Crippen LogP contribution in [0.2, 0.25) is 0 Å². The third kappa shape index (κ3) is 2.93. The first-order valence-electron chi connectivity index (χ1n) is 8.40. The van der Waals surface area contributed by atoms with E-state index in [1.54, 1.807) is 0 Å². The van der Waals surface area contributed by atoms with E-state index in [4.69, 9.17) is 15.5 Å². The molecule has 4 rings (SSSR count). The molecule has 5 nitrogen and oxygen atoms in total. The van der Waals surface area contributed by atoms with Gasteiger partial charge in [0.05, 0.1) is 12.3 Å². The number of thiophene rings is 1. The minimum absolute atomic E-state index is 0.204. The van der Waals surface area contributed by atoms with Crippen molar-refractivity contribution in [1.82, 2.24) is 4.98 Å². The van der Waals surface area contributed by atoms with Crippen molar-refractivity contribution in [2.24, 2.45) is 0 Å². The Labute approximate surface area is 149 Å². The van der Waals surface area contributed by atoms with E-state index in [1.807, 2.05) is 31.2 Å². The number of nitrogen functional groups attached to an aromatic ring is 1. The number of benzene rings is 1. The van der Waals surface area contributed by atoms with Crippen molar-refractivity contribution in [3.63, 3.8) is 0 Å². The molecule has 1 aliphatic rings. The Morgan fingerprint density at radius 2 is 2.12 bits per heavy atom. The van der Waals surface area contributed by atoms with Gasteiger partial charge in [-0.05, 0) is 62.1 Å². The second-order valence-corrected chi connectivity index (χ2v) is 7.06. The number of anilines is 2. The number of carbonyl (C=O) groups excluding carboxylic acids is 1. The van der Waals surface area contributed by atoms with Crippen molar-refractivity contribution in [2.75, 3.05) is 17.7 Å². The van der Waals surface area contributed by atoms with E-state index < -0.39 is 0 Å². The maximum Gasteiger partial charge on any atom is 0.267 e. The van der Waals surface area contributed by atoms with E-state index >= 15 is 0 Å². The highest BCUT2D eigenvalue weighted by molar-refractivity contribution is 7.21. The van der Waals surface area contributed by atoms with Gasteiger partial charge in [0.25, 0.3) is 5.91 Å². The number of aromatic nitrogens is 1. The quantitative estimate of drug-likeness (QED) is 0.743. The number of ether oxygens (including phenoxy) is 1. The van der Waals surface area contributed by atoms with Gasteiger partial charge in [0.2, 0.25) is 0 Å². The topological polar surface area (TPSA) is 77.2 Å². The predicted octanol–water partition coefficient (Wildman–Crippen LogP) is 4.02. The molecule has 0 radical (unpaired) electrons. The molecule has 0 aliphatic heterocycles. The number of carbonyl (C=O) groups is 1. The number of hydrogen-bond donors (Lipinski definition) is 2. The maximum absolute atomic E-state index is 12.6. The molecule has 6 heteroatoms. The Bertz CT molecular complexity index is 947. The zero-order valence-corrected chi connectivity index (χ0v) is 14.8. The molecule has 0 bridgehead atoms. The lowest BCUT2D eigenvalue weighted by molar-refractivity contribution is 0.103. The third-order valence-corrected chi connectivity index (χ3v) is 5.49. The fourth-order valence-corrected chi connectivity index (χ4v) is 4.15. The van der Waals surface area contributed by atoms with Crippen molar-refractivity contribution >= 4 is 38.8 Å². The molecule has 0 unspecified atom stereocenters. The zero-order valence-electron chi connectivity index (χ0n) is 14.0. The lowest BCUT2D eigenvalue weighted by atomic mass is 10.1. The maximum atomic E-state index is 12.6. The summed E-state index contributed by atoms with van der Waals surface area (Å²) in [7, 11) is 0. The Hall–Kier alpha value is -2.60. The summed E-state index contributed by atoms with van der Waals surface area (Å²) in [5.74, 6) is 0.574. The molecular formula is C19H19N3O2S. The molecular weight excluding hydrogens is 334 g/mol. The lowest BCUT2D eigenvalue weighted by Crippen LogP contribution is -2.11. The Balaban J connectivity index is 1.60. The van der Waals surface area contributed by atoms with E-state index in [0.717, 1.165) is 40.9 Å². The van der Waals surface area contributed by atoms with Gasteiger partial charge in [-0.15, -0.1) is 11.3 Å². The van der Waals surface area contributed by atoms with Crippen LogP contribution in [0.3, 0.4) is 0 Å². The highest BCUT2D eigenvalue weighted by atomic mass is 32.1. The van der Waals surface area contributed by atoms with Crippen LogP contribution in [0.15, 0.2) is 30.3 Å². The molecule has 1 aliphatic carbocycles. The summed E-state index contributed by atoms with van der Waals surface area (Å²) in [5, 5.41) is 3.79. The molecule has 0 saturated carbocycles. The van der Waals surface area contributed by atoms with Gasteiger partial charge in [-0.3, -0.25) is 4.79 Å². The number of nitrogens with two attached hydrogens (primary N) is 1. The SMILES string of the molecule is CCOc1ccc(NC(=O)c2sc3nc4c(cc3c2N)CCC4)cc1. The van der Waals surface area contributed by atoms with Crippen LogP contribution in [-0.4, -0.2) is 17.5 Å². The van der Waals surface area contributed by atoms with Crippen molar-refractivity contribution < 1.29 is 9.53 Å². The molecule has 2 aromatic heterocycles. The Morgan fingerprint density at radius 1 is 1.32 bits per heavy atom. The second kappa shape index (κ2) is 6.37. The van der Waals surface area contributed by atoms with Gasteiger partial charge >= 0.3 is 0 Å². The lowest BCUT2D eigenvalue weighted by Gasteiger charge is -2.06. The summed E-state index contributed by atoms with van der Waals surface area (Å²) in [6.07, 6.45) is 3.20. The number of nitrogens with one attached hydrogen (secondary N) is 1. The molecule has 3 aromatic rings. The summed E-state index contributed by atoms with van der Waals surface area (Å²) in [6.45, 7) is 2.55. The fraction of sp³-hybridized carbons (Fsp3) is 0.263. The fourth-order valence-electron chi connectivity index (χ4n) is 3.16. The number of pyridine rings is 1. The highest BCUT2D eigenvalue weighted by Crippen LogP contribution is 2.36. The first kappa shape index (κ1) is 15.9. The van der Waals surface area contributed by atoms with Crippen LogP contribution in [0.4, 0.5) is 11.4 Å². The van der Waals surface area contributed by atoms with Crippen LogP contribution >= 0.6 is 11.3 Å². The highest BCUT2D eigenvalue weighted by Gasteiger charge is 2.21. The number of rotatable bonds is 4. The molecule has 1 aromatic carbocycles. The standard InChI is InChI=1S/C19H19N3O2S/c1-2-24-13-8-6-12(7-9-13)21-18(23)17-16(20)14-10-11-4-3-5-15(11)22-19(14)25-17/h6-10H,2-5,20H2,1H3,(H,21,23). The molecule has 0 spiro atoms. The normalized spacial score (nSPS) is 13.0. The Kier molecular flexibility index (Phi) is 4.05. The van der Waals surface area contributed by atoms with Crippen LogP contribution in [-0.2, 0) is 12.8 Å². The van der Waals surface area contributed by atoms with Crippen LogP contribution < -0.4 is 15.8 Å². The first-order valence-corrected chi connectivity index (χ1v) is 9.22. The molecule has 0 fully saturated rings. The summed E-state index contributed by atoms with van der Waals surface area (Å²) in [5.41, 5.74) is 9.87. The Morgan fingerprint density at radius 3 is 2.88 bits per heavy atom. The molecule has 1 amide bonds. The average Bonchev–Trinajstić information content (AvgIpc) is 3.19. The van der Waals surface area contributed by atoms with E-state index in [-0.39, 0.29) is 5.91 Å². The van der Waals surface area contributed by atoms with Gasteiger partial charge in [0.1, 0.15) is 15.5 Å². The summed E-state index contributed by atoms with van der Waals surface area (Å²) < 4.78 is 5.41. The molecule has 0 saturated heterocycles. The van der Waals surface area contributed by atoms with E-state index in [2.05, 4.69) is 11.4 Å². The average molecular weight is 353 g/mol. The predicted molar refractivity (Wildman–Crippen MR) is 102 cm³/mol. The van der Waals surface area contributed by atoms with Gasteiger partial charge in [-0.2, -0.15) is 0 Å². The van der Waals surface area contributed by atoms with Crippen molar-refractivity contribution in [2.45, 2.75) is 26.2 Å². The van der Waals surface area contributed by atoms with Crippen molar-refractivity contribution in [3.05, 3.63) is 46.5 Å². The number of aryl methyl sites for hydroxylation is 2. The molecule has 2 heterocycles. The summed E-state index contributed by atoms with van der Waals surface area (Å²) >= 11 is 1.36. The number of fused-ring (bicyclic) bond motifs is 2. The van der Waals surface area contributed by atoms with Gasteiger partial charge in [0.15, 0.2) is 0 Å². The number of nitrogens with zero attached hydrogens (tertiary/aromatic N) is 1. The first-order chi connectivity index (χ1) is 12.2. The van der Waals surface area contributed by atoms with Crippen LogP contribution in [0.1, 0.15) is 34.3 Å². The third-order valence-electron chi connectivity index (χ3n) is 4.38. The minimum atomic E-state index is -0.204. The van der Waals surface area contributed by atoms with Gasteiger partial charge < -0.3 is 15.8 Å².